The van der Waals surface area contributed by atoms with E-state index in [4.69, 9.17) is 0 Å². The van der Waals surface area contributed by atoms with Gasteiger partial charge in [-0.2, -0.15) is 0 Å². The minimum absolute atomic E-state index is 0.176. The summed E-state index contributed by atoms with van der Waals surface area (Å²) in [6.07, 6.45) is 3.21. The molecular weight excluding hydrogens is 410 g/mol. The number of carbonyl (C=O) groups excluding carboxylic acids is 1. The molecule has 1 amide bonds. The lowest BCUT2D eigenvalue weighted by molar-refractivity contribution is -0.119. The summed E-state index contributed by atoms with van der Waals surface area (Å²) in [5.41, 5.74) is 2.29. The molecule has 1 N–H and O–H groups in total. The Morgan fingerprint density at radius 1 is 1.10 bits per heavy atom. The maximum atomic E-state index is 13.4. The van der Waals surface area contributed by atoms with Crippen LogP contribution in [0.25, 0.3) is 0 Å². The number of hydrogen-bond donors (Lipinski definition) is 1. The topological polar surface area (TPSA) is 69.7 Å². The fraction of sp³-hybridized carbons (Fsp3) is 0.458. The highest BCUT2D eigenvalue weighted by Crippen LogP contribution is 2.27. The molecule has 1 fully saturated rings. The highest BCUT2D eigenvalue weighted by Gasteiger charge is 2.28. The van der Waals surface area contributed by atoms with Crippen LogP contribution >= 0.6 is 0 Å². The second-order valence-corrected chi connectivity index (χ2v) is 10.4. The number of amides is 1. The van der Waals surface area contributed by atoms with Crippen LogP contribution in [-0.4, -0.2) is 52.5 Å². The number of rotatable bonds is 8. The Bertz CT molecular complexity index is 984. The lowest BCUT2D eigenvalue weighted by Crippen LogP contribution is -2.42. The third-order valence-electron chi connectivity index (χ3n) is 5.96. The van der Waals surface area contributed by atoms with Crippen molar-refractivity contribution < 1.29 is 13.2 Å². The van der Waals surface area contributed by atoms with Crippen LogP contribution in [0.15, 0.2) is 53.4 Å². The third-order valence-corrected chi connectivity index (χ3v) is 7.74. The Labute approximate surface area is 186 Å². The molecular formula is C24H33N3O3S. The van der Waals surface area contributed by atoms with E-state index in [2.05, 4.69) is 17.3 Å². The molecule has 1 aliphatic rings. The molecule has 168 valence electrons. The van der Waals surface area contributed by atoms with Crippen LogP contribution in [0.2, 0.25) is 0 Å². The van der Waals surface area contributed by atoms with E-state index >= 15 is 0 Å². The molecule has 2 aromatic rings. The van der Waals surface area contributed by atoms with Gasteiger partial charge in [-0.1, -0.05) is 30.3 Å². The summed E-state index contributed by atoms with van der Waals surface area (Å²) in [6.45, 7) is 6.29. The number of nitrogens with zero attached hydrogens (tertiary/aromatic N) is 2. The van der Waals surface area contributed by atoms with Crippen molar-refractivity contribution >= 4 is 21.6 Å². The molecule has 7 heteroatoms. The average Bonchev–Trinajstić information content (AvgIpc) is 2.76. The van der Waals surface area contributed by atoms with E-state index < -0.39 is 10.0 Å². The van der Waals surface area contributed by atoms with Gasteiger partial charge in [0.25, 0.3) is 10.0 Å². The third kappa shape index (κ3) is 6.08. The molecule has 6 nitrogen and oxygen atoms in total. The molecule has 0 unspecified atom stereocenters. The van der Waals surface area contributed by atoms with E-state index in [1.54, 1.807) is 30.3 Å². The molecule has 0 aromatic heterocycles. The molecule has 1 aliphatic heterocycles. The molecule has 2 aromatic carbocycles. The van der Waals surface area contributed by atoms with Gasteiger partial charge in [0, 0.05) is 6.54 Å². The van der Waals surface area contributed by atoms with E-state index in [1.165, 1.54) is 4.31 Å². The fourth-order valence-corrected chi connectivity index (χ4v) is 5.46. The largest absolute Gasteiger partial charge is 0.355 e. The van der Waals surface area contributed by atoms with E-state index in [-0.39, 0.29) is 17.3 Å². The first kappa shape index (κ1) is 23.3. The van der Waals surface area contributed by atoms with Crippen molar-refractivity contribution in [2.24, 2.45) is 5.92 Å². The molecule has 1 saturated heterocycles. The van der Waals surface area contributed by atoms with Crippen LogP contribution in [0.3, 0.4) is 0 Å². The summed E-state index contributed by atoms with van der Waals surface area (Å²) >= 11 is 0. The van der Waals surface area contributed by atoms with Gasteiger partial charge in [-0.05, 0) is 88.5 Å². The summed E-state index contributed by atoms with van der Waals surface area (Å²) in [7, 11) is -1.74. The number of benzene rings is 2. The van der Waals surface area contributed by atoms with Crippen molar-refractivity contribution in [2.75, 3.05) is 37.5 Å². The second-order valence-electron chi connectivity index (χ2n) is 8.50. The SMILES string of the molecule is Cc1ccc(C)c(N(CC(=O)NCCC2CCN(C)CC2)S(=O)(=O)c2ccccc2)c1. The lowest BCUT2D eigenvalue weighted by Gasteiger charge is -2.29. The number of likely N-dealkylation sites (tertiary alicyclic amines) is 1. The Morgan fingerprint density at radius 3 is 2.45 bits per heavy atom. The highest BCUT2D eigenvalue weighted by molar-refractivity contribution is 7.92. The molecule has 0 saturated carbocycles. The predicted molar refractivity (Wildman–Crippen MR) is 125 cm³/mol. The molecule has 1 heterocycles. The molecule has 0 bridgehead atoms. The standard InChI is InChI=1S/C24H33N3O3S/c1-19-9-10-20(2)23(17-19)27(31(29,30)22-7-5-4-6-8-22)18-24(28)25-14-11-21-12-15-26(3)16-13-21/h4-10,17,21H,11-16,18H2,1-3H3,(H,25,28). The van der Waals surface area contributed by atoms with Crippen LogP contribution < -0.4 is 9.62 Å². The zero-order valence-corrected chi connectivity index (χ0v) is 19.5. The van der Waals surface area contributed by atoms with E-state index in [9.17, 15) is 13.2 Å². The smallest absolute Gasteiger partial charge is 0.264 e. The highest BCUT2D eigenvalue weighted by atomic mass is 32.2. The number of anilines is 1. The zero-order valence-electron chi connectivity index (χ0n) is 18.7. The Balaban J connectivity index is 1.74. The van der Waals surface area contributed by atoms with Crippen molar-refractivity contribution in [2.45, 2.75) is 38.0 Å². The number of carbonyl (C=O) groups is 1. The normalized spacial score (nSPS) is 15.6. The Morgan fingerprint density at radius 2 is 1.77 bits per heavy atom. The van der Waals surface area contributed by atoms with Gasteiger partial charge in [0.15, 0.2) is 0 Å². The van der Waals surface area contributed by atoms with Crippen LogP contribution in [0, 0.1) is 19.8 Å². The van der Waals surface area contributed by atoms with Gasteiger partial charge < -0.3 is 10.2 Å². The van der Waals surface area contributed by atoms with Crippen LogP contribution in [0.5, 0.6) is 0 Å². The van der Waals surface area contributed by atoms with Crippen LogP contribution in [-0.2, 0) is 14.8 Å². The van der Waals surface area contributed by atoms with Gasteiger partial charge in [0.05, 0.1) is 10.6 Å². The molecule has 0 atom stereocenters. The number of sulfonamides is 1. The maximum Gasteiger partial charge on any atom is 0.264 e. The molecule has 31 heavy (non-hydrogen) atoms. The quantitative estimate of drug-likeness (QED) is 0.679. The fourth-order valence-electron chi connectivity index (χ4n) is 3.96. The van der Waals surface area contributed by atoms with E-state index in [0.29, 0.717) is 18.2 Å². The van der Waals surface area contributed by atoms with Crippen molar-refractivity contribution in [1.29, 1.82) is 0 Å². The second kappa shape index (κ2) is 10.3. The minimum Gasteiger partial charge on any atom is -0.355 e. The van der Waals surface area contributed by atoms with Crippen molar-refractivity contribution in [1.82, 2.24) is 10.2 Å². The summed E-state index contributed by atoms with van der Waals surface area (Å²) in [5, 5.41) is 2.94. The monoisotopic (exact) mass is 443 g/mol. The first-order valence-electron chi connectivity index (χ1n) is 10.9. The first-order chi connectivity index (χ1) is 14.8. The summed E-state index contributed by atoms with van der Waals surface area (Å²) < 4.78 is 28.1. The summed E-state index contributed by atoms with van der Waals surface area (Å²) in [5.74, 6) is 0.327. The number of piperidine rings is 1. The van der Waals surface area contributed by atoms with Gasteiger partial charge in [0.1, 0.15) is 6.54 Å². The summed E-state index contributed by atoms with van der Waals surface area (Å²) in [6, 6.07) is 13.9. The predicted octanol–water partition coefficient (Wildman–Crippen LogP) is 3.35. The average molecular weight is 444 g/mol. The molecule has 0 spiro atoms. The van der Waals surface area contributed by atoms with Crippen molar-refractivity contribution in [3.05, 3.63) is 59.7 Å². The van der Waals surface area contributed by atoms with Gasteiger partial charge >= 0.3 is 0 Å². The molecule has 3 rings (SSSR count). The Hall–Kier alpha value is -2.38. The van der Waals surface area contributed by atoms with Crippen molar-refractivity contribution in [3.63, 3.8) is 0 Å². The molecule has 0 aliphatic carbocycles. The maximum absolute atomic E-state index is 13.4. The van der Waals surface area contributed by atoms with Crippen molar-refractivity contribution in [3.8, 4) is 0 Å². The number of aryl methyl sites for hydroxylation is 2. The lowest BCUT2D eigenvalue weighted by atomic mass is 9.94. The van der Waals surface area contributed by atoms with Gasteiger partial charge in [0.2, 0.25) is 5.91 Å². The van der Waals surface area contributed by atoms with Crippen LogP contribution in [0.4, 0.5) is 5.69 Å². The number of hydrogen-bond acceptors (Lipinski definition) is 4. The van der Waals surface area contributed by atoms with Crippen LogP contribution in [0.1, 0.15) is 30.4 Å². The summed E-state index contributed by atoms with van der Waals surface area (Å²) in [4.78, 5) is 15.3. The first-order valence-corrected chi connectivity index (χ1v) is 12.3. The number of nitrogens with one attached hydrogen (secondary N) is 1. The Kier molecular flexibility index (Phi) is 7.73. The van der Waals surface area contributed by atoms with E-state index in [1.807, 2.05) is 32.0 Å². The minimum atomic E-state index is -3.87. The van der Waals surface area contributed by atoms with Gasteiger partial charge in [-0.3, -0.25) is 9.10 Å². The molecule has 0 radical (unpaired) electrons. The van der Waals surface area contributed by atoms with Gasteiger partial charge in [-0.15, -0.1) is 0 Å². The zero-order chi connectivity index (χ0) is 22.4. The van der Waals surface area contributed by atoms with E-state index in [0.717, 1.165) is 43.5 Å². The van der Waals surface area contributed by atoms with Gasteiger partial charge in [-0.25, -0.2) is 8.42 Å².